The Kier molecular flexibility index (Phi) is 5.59. The first kappa shape index (κ1) is 16.7. The molecule has 1 aliphatic rings. The lowest BCUT2D eigenvalue weighted by molar-refractivity contribution is -0.114. The second-order valence-corrected chi connectivity index (χ2v) is 6.44. The molecular formula is C19H22ClN3O. The van der Waals surface area contributed by atoms with Crippen LogP contribution in [0.25, 0.3) is 0 Å². The summed E-state index contributed by atoms with van der Waals surface area (Å²) >= 11 is 5.91. The molecule has 2 aromatic carbocycles. The first-order chi connectivity index (χ1) is 11.7. The second kappa shape index (κ2) is 8.06. The minimum atomic E-state index is -0.0997. The standard InChI is InChI=1S/C19H22ClN3O/c20-15-5-4-6-17(13-15)22-19(24)14-21-16-7-9-18(10-8-16)23-11-2-1-3-12-23/h4-10,13,21H,1-3,11-12,14H2,(H,22,24). The van der Waals surface area contributed by atoms with E-state index in [0.29, 0.717) is 10.7 Å². The summed E-state index contributed by atoms with van der Waals surface area (Å²) in [5.41, 5.74) is 2.90. The molecule has 4 nitrogen and oxygen atoms in total. The van der Waals surface area contributed by atoms with E-state index in [0.717, 1.165) is 18.8 Å². The van der Waals surface area contributed by atoms with Gasteiger partial charge < -0.3 is 15.5 Å². The largest absolute Gasteiger partial charge is 0.376 e. The molecule has 0 aromatic heterocycles. The van der Waals surface area contributed by atoms with E-state index in [-0.39, 0.29) is 12.5 Å². The predicted molar refractivity (Wildman–Crippen MR) is 101 cm³/mol. The zero-order chi connectivity index (χ0) is 16.8. The number of carbonyl (C=O) groups excluding carboxylic acids is 1. The van der Waals surface area contributed by atoms with Crippen LogP contribution in [-0.2, 0) is 4.79 Å². The lowest BCUT2D eigenvalue weighted by Gasteiger charge is -2.28. The third-order valence-corrected chi connectivity index (χ3v) is 4.39. The van der Waals surface area contributed by atoms with Gasteiger partial charge in [0.1, 0.15) is 0 Å². The molecular weight excluding hydrogens is 322 g/mol. The Morgan fingerprint density at radius 3 is 2.46 bits per heavy atom. The summed E-state index contributed by atoms with van der Waals surface area (Å²) in [6.07, 6.45) is 3.87. The molecule has 1 saturated heterocycles. The molecule has 126 valence electrons. The van der Waals surface area contributed by atoms with E-state index < -0.39 is 0 Å². The Morgan fingerprint density at radius 1 is 1.00 bits per heavy atom. The minimum absolute atomic E-state index is 0.0997. The van der Waals surface area contributed by atoms with Gasteiger partial charge in [0.05, 0.1) is 6.54 Å². The van der Waals surface area contributed by atoms with E-state index in [9.17, 15) is 4.79 Å². The SMILES string of the molecule is O=C(CNc1ccc(N2CCCCC2)cc1)Nc1cccc(Cl)c1. The number of nitrogens with zero attached hydrogens (tertiary/aromatic N) is 1. The fourth-order valence-electron chi connectivity index (χ4n) is 2.90. The number of hydrogen-bond donors (Lipinski definition) is 2. The van der Waals surface area contributed by atoms with Gasteiger partial charge in [0.25, 0.3) is 0 Å². The van der Waals surface area contributed by atoms with Crippen molar-refractivity contribution < 1.29 is 4.79 Å². The molecule has 1 aliphatic heterocycles. The second-order valence-electron chi connectivity index (χ2n) is 6.01. The Bertz CT molecular complexity index is 681. The van der Waals surface area contributed by atoms with Gasteiger partial charge in [-0.2, -0.15) is 0 Å². The van der Waals surface area contributed by atoms with E-state index in [2.05, 4.69) is 27.7 Å². The molecule has 24 heavy (non-hydrogen) atoms. The van der Waals surface area contributed by atoms with Crippen molar-refractivity contribution in [3.63, 3.8) is 0 Å². The van der Waals surface area contributed by atoms with Crippen LogP contribution in [-0.4, -0.2) is 25.5 Å². The summed E-state index contributed by atoms with van der Waals surface area (Å²) in [7, 11) is 0. The zero-order valence-electron chi connectivity index (χ0n) is 13.6. The number of halogens is 1. The normalized spacial score (nSPS) is 14.3. The van der Waals surface area contributed by atoms with Gasteiger partial charge in [0.15, 0.2) is 0 Å². The maximum Gasteiger partial charge on any atom is 0.243 e. The maximum atomic E-state index is 12.0. The number of amides is 1. The van der Waals surface area contributed by atoms with Crippen LogP contribution in [0.2, 0.25) is 5.02 Å². The van der Waals surface area contributed by atoms with Crippen molar-refractivity contribution in [3.8, 4) is 0 Å². The summed E-state index contributed by atoms with van der Waals surface area (Å²) in [5, 5.41) is 6.57. The Labute approximate surface area is 147 Å². The summed E-state index contributed by atoms with van der Waals surface area (Å²) in [6.45, 7) is 2.49. The van der Waals surface area contributed by atoms with Gasteiger partial charge in [0.2, 0.25) is 5.91 Å². The smallest absolute Gasteiger partial charge is 0.243 e. The van der Waals surface area contributed by atoms with Crippen molar-refractivity contribution in [2.24, 2.45) is 0 Å². The van der Waals surface area contributed by atoms with Gasteiger partial charge in [-0.15, -0.1) is 0 Å². The van der Waals surface area contributed by atoms with Crippen LogP contribution in [0, 0.1) is 0 Å². The third-order valence-electron chi connectivity index (χ3n) is 4.15. The first-order valence-electron chi connectivity index (χ1n) is 8.35. The number of benzene rings is 2. The highest BCUT2D eigenvalue weighted by molar-refractivity contribution is 6.30. The summed E-state index contributed by atoms with van der Waals surface area (Å²) in [4.78, 5) is 14.4. The fourth-order valence-corrected chi connectivity index (χ4v) is 3.09. The topological polar surface area (TPSA) is 44.4 Å². The molecule has 0 spiro atoms. The average Bonchev–Trinajstić information content (AvgIpc) is 2.61. The minimum Gasteiger partial charge on any atom is -0.376 e. The molecule has 0 atom stereocenters. The Balaban J connectivity index is 1.50. The van der Waals surface area contributed by atoms with Crippen LogP contribution in [0.5, 0.6) is 0 Å². The van der Waals surface area contributed by atoms with Crippen molar-refractivity contribution >= 4 is 34.6 Å². The van der Waals surface area contributed by atoms with Crippen LogP contribution >= 0.6 is 11.6 Å². The van der Waals surface area contributed by atoms with Crippen molar-refractivity contribution in [1.29, 1.82) is 0 Å². The lowest BCUT2D eigenvalue weighted by atomic mass is 10.1. The van der Waals surface area contributed by atoms with Crippen molar-refractivity contribution in [3.05, 3.63) is 53.6 Å². The molecule has 3 rings (SSSR count). The van der Waals surface area contributed by atoms with Gasteiger partial charge in [0, 0.05) is 35.2 Å². The van der Waals surface area contributed by atoms with Gasteiger partial charge in [-0.05, 0) is 61.7 Å². The summed E-state index contributed by atoms with van der Waals surface area (Å²) in [5.74, 6) is -0.0997. The average molecular weight is 344 g/mol. The van der Waals surface area contributed by atoms with Gasteiger partial charge >= 0.3 is 0 Å². The van der Waals surface area contributed by atoms with Crippen LogP contribution in [0.3, 0.4) is 0 Å². The van der Waals surface area contributed by atoms with Crippen molar-refractivity contribution in [2.45, 2.75) is 19.3 Å². The molecule has 2 aromatic rings. The van der Waals surface area contributed by atoms with E-state index in [1.54, 1.807) is 12.1 Å². The summed E-state index contributed by atoms with van der Waals surface area (Å²) < 4.78 is 0. The van der Waals surface area contributed by atoms with Crippen molar-refractivity contribution in [2.75, 3.05) is 35.2 Å². The van der Waals surface area contributed by atoms with E-state index >= 15 is 0 Å². The molecule has 0 unspecified atom stereocenters. The lowest BCUT2D eigenvalue weighted by Crippen LogP contribution is -2.29. The van der Waals surface area contributed by atoms with E-state index in [1.165, 1.54) is 24.9 Å². The number of piperidine rings is 1. The molecule has 0 aliphatic carbocycles. The highest BCUT2D eigenvalue weighted by Gasteiger charge is 2.10. The Hall–Kier alpha value is -2.20. The van der Waals surface area contributed by atoms with E-state index in [1.807, 2.05) is 24.3 Å². The number of nitrogens with one attached hydrogen (secondary N) is 2. The predicted octanol–water partition coefficient (Wildman–Crippen LogP) is 4.38. The van der Waals surface area contributed by atoms with Crippen LogP contribution in [0.15, 0.2) is 48.5 Å². The highest BCUT2D eigenvalue weighted by atomic mass is 35.5. The molecule has 1 amide bonds. The number of rotatable bonds is 5. The fraction of sp³-hybridized carbons (Fsp3) is 0.316. The quantitative estimate of drug-likeness (QED) is 0.846. The van der Waals surface area contributed by atoms with Crippen LogP contribution in [0.4, 0.5) is 17.1 Å². The summed E-state index contributed by atoms with van der Waals surface area (Å²) in [6, 6.07) is 15.4. The molecule has 1 fully saturated rings. The van der Waals surface area contributed by atoms with Crippen molar-refractivity contribution in [1.82, 2.24) is 0 Å². The highest BCUT2D eigenvalue weighted by Crippen LogP contribution is 2.21. The molecule has 0 saturated carbocycles. The van der Waals surface area contributed by atoms with Gasteiger partial charge in [-0.25, -0.2) is 0 Å². The zero-order valence-corrected chi connectivity index (χ0v) is 14.4. The number of anilines is 3. The van der Waals surface area contributed by atoms with Gasteiger partial charge in [-0.1, -0.05) is 17.7 Å². The van der Waals surface area contributed by atoms with Crippen LogP contribution in [0.1, 0.15) is 19.3 Å². The maximum absolute atomic E-state index is 12.0. The molecule has 0 bridgehead atoms. The van der Waals surface area contributed by atoms with Gasteiger partial charge in [-0.3, -0.25) is 4.79 Å². The monoisotopic (exact) mass is 343 g/mol. The number of carbonyl (C=O) groups is 1. The third kappa shape index (κ3) is 4.65. The number of hydrogen-bond acceptors (Lipinski definition) is 3. The first-order valence-corrected chi connectivity index (χ1v) is 8.73. The van der Waals surface area contributed by atoms with Crippen LogP contribution < -0.4 is 15.5 Å². The Morgan fingerprint density at radius 2 is 1.75 bits per heavy atom. The molecule has 2 N–H and O–H groups in total. The van der Waals surface area contributed by atoms with E-state index in [4.69, 9.17) is 11.6 Å². The molecule has 1 heterocycles. The molecule has 5 heteroatoms. The molecule has 0 radical (unpaired) electrons.